The third-order valence-electron chi connectivity index (χ3n) is 5.04. The Morgan fingerprint density at radius 3 is 2.67 bits per heavy atom. The van der Waals surface area contributed by atoms with Crippen LogP contribution in [-0.2, 0) is 13.0 Å². The smallest absolute Gasteiger partial charge is 0.254 e. The number of fused-ring (bicyclic) bond motifs is 1. The Morgan fingerprint density at radius 2 is 1.85 bits per heavy atom. The molecule has 2 aromatic carbocycles. The van der Waals surface area contributed by atoms with Gasteiger partial charge in [-0.25, -0.2) is 4.98 Å². The van der Waals surface area contributed by atoms with Gasteiger partial charge in [-0.1, -0.05) is 48.5 Å². The first-order valence-electron chi connectivity index (χ1n) is 9.41. The number of aromatic nitrogens is 1. The number of pyridine rings is 1. The molecule has 27 heavy (non-hydrogen) atoms. The fourth-order valence-electron chi connectivity index (χ4n) is 3.59. The number of anilines is 2. The molecule has 0 bridgehead atoms. The van der Waals surface area contributed by atoms with E-state index >= 15 is 0 Å². The highest BCUT2D eigenvalue weighted by Crippen LogP contribution is 2.33. The van der Waals surface area contributed by atoms with Gasteiger partial charge in [-0.05, 0) is 42.7 Å². The summed E-state index contributed by atoms with van der Waals surface area (Å²) in [5.74, 6) is 0.874. The Balaban J connectivity index is 1.58. The second-order valence-electron chi connectivity index (χ2n) is 6.74. The minimum absolute atomic E-state index is 0.0393. The predicted octanol–water partition coefficient (Wildman–Crippen LogP) is 4.44. The van der Waals surface area contributed by atoms with Gasteiger partial charge in [0.1, 0.15) is 5.82 Å². The van der Waals surface area contributed by atoms with Crippen LogP contribution in [0, 0.1) is 0 Å². The molecule has 1 aliphatic heterocycles. The fraction of sp³-hybridized carbons (Fsp3) is 0.217. The fourth-order valence-corrected chi connectivity index (χ4v) is 3.59. The molecule has 4 heteroatoms. The molecule has 4 nitrogen and oxygen atoms in total. The van der Waals surface area contributed by atoms with E-state index in [-0.39, 0.29) is 5.91 Å². The lowest BCUT2D eigenvalue weighted by Crippen LogP contribution is -2.30. The van der Waals surface area contributed by atoms with Crippen LogP contribution in [-0.4, -0.2) is 28.9 Å². The largest absolute Gasteiger partial charge is 0.335 e. The van der Waals surface area contributed by atoms with Crippen LogP contribution in [0.15, 0.2) is 72.9 Å². The quantitative estimate of drug-likeness (QED) is 0.677. The van der Waals surface area contributed by atoms with Crippen molar-refractivity contribution in [2.75, 3.05) is 18.0 Å². The van der Waals surface area contributed by atoms with Crippen LogP contribution in [0.5, 0.6) is 0 Å². The minimum Gasteiger partial charge on any atom is -0.335 e. The predicted molar refractivity (Wildman–Crippen MR) is 108 cm³/mol. The lowest BCUT2D eigenvalue weighted by Gasteiger charge is -2.23. The van der Waals surface area contributed by atoms with E-state index in [4.69, 9.17) is 0 Å². The number of hydrogen-bond donors (Lipinski definition) is 0. The molecule has 0 N–H and O–H groups in total. The summed E-state index contributed by atoms with van der Waals surface area (Å²) in [7, 11) is 0. The molecule has 1 aliphatic rings. The molecule has 0 saturated carbocycles. The van der Waals surface area contributed by atoms with Crippen molar-refractivity contribution in [2.24, 2.45) is 0 Å². The Kier molecular flexibility index (Phi) is 4.88. The second-order valence-corrected chi connectivity index (χ2v) is 6.74. The van der Waals surface area contributed by atoms with E-state index in [1.54, 1.807) is 6.20 Å². The van der Waals surface area contributed by atoms with E-state index in [0.717, 1.165) is 24.3 Å². The van der Waals surface area contributed by atoms with E-state index in [9.17, 15) is 4.79 Å². The van der Waals surface area contributed by atoms with Crippen molar-refractivity contribution >= 4 is 17.4 Å². The molecule has 136 valence electrons. The lowest BCUT2D eigenvalue weighted by atomic mass is 10.1. The lowest BCUT2D eigenvalue weighted by molar-refractivity contribution is 0.0752. The summed E-state index contributed by atoms with van der Waals surface area (Å²) in [5.41, 5.74) is 4.33. The van der Waals surface area contributed by atoms with Gasteiger partial charge < -0.3 is 9.80 Å². The summed E-state index contributed by atoms with van der Waals surface area (Å²) in [6, 6.07) is 22.2. The van der Waals surface area contributed by atoms with Crippen LogP contribution in [0.4, 0.5) is 11.5 Å². The minimum atomic E-state index is 0.0393. The van der Waals surface area contributed by atoms with Gasteiger partial charge in [0.15, 0.2) is 0 Å². The molecule has 0 saturated heterocycles. The molecule has 0 radical (unpaired) electrons. The summed E-state index contributed by atoms with van der Waals surface area (Å²) < 4.78 is 0. The second kappa shape index (κ2) is 7.62. The Hall–Kier alpha value is -3.14. The van der Waals surface area contributed by atoms with Crippen molar-refractivity contribution in [3.05, 3.63) is 89.6 Å². The number of rotatable bonds is 5. The van der Waals surface area contributed by atoms with Crippen LogP contribution < -0.4 is 4.90 Å². The van der Waals surface area contributed by atoms with Gasteiger partial charge in [0.25, 0.3) is 5.91 Å². The van der Waals surface area contributed by atoms with Crippen LogP contribution in [0.3, 0.4) is 0 Å². The molecule has 2 heterocycles. The van der Waals surface area contributed by atoms with E-state index < -0.39 is 0 Å². The highest BCUT2D eigenvalue weighted by atomic mass is 16.2. The van der Waals surface area contributed by atoms with Crippen molar-refractivity contribution in [1.29, 1.82) is 0 Å². The van der Waals surface area contributed by atoms with Gasteiger partial charge in [0.2, 0.25) is 0 Å². The topological polar surface area (TPSA) is 36.4 Å². The first-order valence-corrected chi connectivity index (χ1v) is 9.41. The number of amides is 1. The van der Waals surface area contributed by atoms with E-state index in [1.165, 1.54) is 11.3 Å². The zero-order chi connectivity index (χ0) is 18.6. The van der Waals surface area contributed by atoms with Crippen LogP contribution >= 0.6 is 0 Å². The summed E-state index contributed by atoms with van der Waals surface area (Å²) in [5, 5.41) is 0. The molecule has 0 unspecified atom stereocenters. The number of para-hydroxylation sites is 1. The van der Waals surface area contributed by atoms with Crippen molar-refractivity contribution < 1.29 is 4.79 Å². The van der Waals surface area contributed by atoms with Gasteiger partial charge >= 0.3 is 0 Å². The maximum Gasteiger partial charge on any atom is 0.254 e. The standard InChI is InChI=1S/C23H23N3O/c1-2-25(17-18-8-4-3-5-9-18)23(27)20-12-14-24-22(16-20)26-15-13-19-10-6-7-11-21(19)26/h3-12,14,16H,2,13,15,17H2,1H3. The van der Waals surface area contributed by atoms with Gasteiger partial charge in [0, 0.05) is 37.1 Å². The molecule has 3 aromatic rings. The van der Waals surface area contributed by atoms with Crippen LogP contribution in [0.2, 0.25) is 0 Å². The monoisotopic (exact) mass is 357 g/mol. The molecule has 0 fully saturated rings. The zero-order valence-corrected chi connectivity index (χ0v) is 15.5. The average molecular weight is 357 g/mol. The normalized spacial score (nSPS) is 12.7. The molecular formula is C23H23N3O. The zero-order valence-electron chi connectivity index (χ0n) is 15.5. The van der Waals surface area contributed by atoms with Crippen molar-refractivity contribution in [3.63, 3.8) is 0 Å². The van der Waals surface area contributed by atoms with E-state index in [1.807, 2.05) is 48.2 Å². The number of carbonyl (C=O) groups is 1. The molecule has 0 aliphatic carbocycles. The molecule has 0 atom stereocenters. The number of carbonyl (C=O) groups excluding carboxylic acids is 1. The Labute approximate surface area is 160 Å². The summed E-state index contributed by atoms with van der Waals surface area (Å²) in [6.07, 6.45) is 2.74. The number of hydrogen-bond acceptors (Lipinski definition) is 3. The maximum atomic E-state index is 13.1. The first kappa shape index (κ1) is 17.3. The Bertz CT molecular complexity index is 939. The van der Waals surface area contributed by atoms with Crippen LogP contribution in [0.1, 0.15) is 28.4 Å². The van der Waals surface area contributed by atoms with Crippen molar-refractivity contribution in [2.45, 2.75) is 19.9 Å². The summed E-state index contributed by atoms with van der Waals surface area (Å²) in [6.45, 7) is 4.18. The maximum absolute atomic E-state index is 13.1. The summed E-state index contributed by atoms with van der Waals surface area (Å²) in [4.78, 5) is 21.7. The first-order chi connectivity index (χ1) is 13.3. The van der Waals surface area contributed by atoms with Crippen LogP contribution in [0.25, 0.3) is 0 Å². The SMILES string of the molecule is CCN(Cc1ccccc1)C(=O)c1ccnc(N2CCc3ccccc32)c1. The molecule has 1 amide bonds. The highest BCUT2D eigenvalue weighted by molar-refractivity contribution is 5.95. The summed E-state index contributed by atoms with van der Waals surface area (Å²) >= 11 is 0. The Morgan fingerprint density at radius 1 is 1.07 bits per heavy atom. The third-order valence-corrected chi connectivity index (χ3v) is 5.04. The van der Waals surface area contributed by atoms with Crippen molar-refractivity contribution in [1.82, 2.24) is 9.88 Å². The highest BCUT2D eigenvalue weighted by Gasteiger charge is 2.22. The van der Waals surface area contributed by atoms with Gasteiger partial charge in [-0.2, -0.15) is 0 Å². The van der Waals surface area contributed by atoms with Crippen molar-refractivity contribution in [3.8, 4) is 0 Å². The molecule has 1 aromatic heterocycles. The number of benzene rings is 2. The molecule has 0 spiro atoms. The number of nitrogens with zero attached hydrogens (tertiary/aromatic N) is 3. The van der Waals surface area contributed by atoms with E-state index in [2.05, 4.69) is 40.2 Å². The molecule has 4 rings (SSSR count). The third kappa shape index (κ3) is 3.56. The molecular weight excluding hydrogens is 334 g/mol. The average Bonchev–Trinajstić information content (AvgIpc) is 3.16. The van der Waals surface area contributed by atoms with Gasteiger partial charge in [-0.15, -0.1) is 0 Å². The van der Waals surface area contributed by atoms with Gasteiger partial charge in [-0.3, -0.25) is 4.79 Å². The van der Waals surface area contributed by atoms with Gasteiger partial charge in [0.05, 0.1) is 0 Å². The van der Waals surface area contributed by atoms with E-state index in [0.29, 0.717) is 18.7 Å².